The number of carbonyl (C=O) groups is 2. The molecule has 0 spiro atoms. The Kier molecular flexibility index (Phi) is 4.37. The van der Waals surface area contributed by atoms with Gasteiger partial charge in [-0.05, 0) is 23.6 Å². The van der Waals surface area contributed by atoms with Crippen LogP contribution in [-0.4, -0.2) is 26.7 Å². The van der Waals surface area contributed by atoms with E-state index in [1.54, 1.807) is 17.2 Å². The van der Waals surface area contributed by atoms with Gasteiger partial charge in [-0.1, -0.05) is 19.9 Å². The number of hydrogen-bond acceptors (Lipinski definition) is 4. The molecule has 0 aliphatic carbocycles. The molecule has 1 atom stereocenters. The normalized spacial score (nSPS) is 18.3. The minimum absolute atomic E-state index is 0.0641. The highest BCUT2D eigenvalue weighted by atomic mass is 19.1. The maximum Gasteiger partial charge on any atom is 0.231 e. The van der Waals surface area contributed by atoms with Crippen LogP contribution in [-0.2, 0) is 29.1 Å². The highest BCUT2D eigenvalue weighted by Crippen LogP contribution is 2.35. The van der Waals surface area contributed by atoms with E-state index in [0.717, 1.165) is 23.5 Å². The fourth-order valence-electron chi connectivity index (χ4n) is 3.69. The van der Waals surface area contributed by atoms with Gasteiger partial charge in [-0.3, -0.25) is 9.59 Å². The van der Waals surface area contributed by atoms with E-state index >= 15 is 0 Å². The zero-order valence-corrected chi connectivity index (χ0v) is 15.3. The van der Waals surface area contributed by atoms with Crippen molar-refractivity contribution in [2.24, 2.45) is 5.92 Å². The molecular formula is C20H21FN4O2. The first-order valence-electron chi connectivity index (χ1n) is 9.12. The topological polar surface area (TPSA) is 75.2 Å². The van der Waals surface area contributed by atoms with Crippen LogP contribution in [0.3, 0.4) is 0 Å². The summed E-state index contributed by atoms with van der Waals surface area (Å²) in [6.07, 6.45) is 2.65. The van der Waals surface area contributed by atoms with Crippen molar-refractivity contribution in [1.82, 2.24) is 14.9 Å². The maximum absolute atomic E-state index is 13.5. The Hall–Kier alpha value is -2.83. The number of nitrogens with one attached hydrogen (secondary N) is 1. The van der Waals surface area contributed by atoms with Crippen molar-refractivity contribution >= 4 is 17.5 Å². The van der Waals surface area contributed by atoms with E-state index in [9.17, 15) is 14.0 Å². The predicted octanol–water partition coefficient (Wildman–Crippen LogP) is 2.78. The van der Waals surface area contributed by atoms with Gasteiger partial charge < -0.3 is 10.2 Å². The molecule has 2 aliphatic heterocycles. The van der Waals surface area contributed by atoms with Gasteiger partial charge in [-0.2, -0.15) is 0 Å². The number of carbonyl (C=O) groups excluding carboxylic acids is 2. The molecule has 0 saturated carbocycles. The molecule has 0 bridgehead atoms. The molecule has 6 nitrogen and oxygen atoms in total. The first kappa shape index (κ1) is 17.6. The lowest BCUT2D eigenvalue weighted by Crippen LogP contribution is -2.35. The summed E-state index contributed by atoms with van der Waals surface area (Å²) in [5.74, 6) is -0.213. The number of benzene rings is 1. The molecule has 0 fully saturated rings. The minimum Gasteiger partial charge on any atom is -0.332 e. The van der Waals surface area contributed by atoms with Gasteiger partial charge in [0, 0.05) is 36.8 Å². The van der Waals surface area contributed by atoms with Crippen LogP contribution in [0.1, 0.15) is 48.8 Å². The average Bonchev–Trinajstić information content (AvgIpc) is 3.02. The number of aromatic nitrogens is 2. The second kappa shape index (κ2) is 6.72. The zero-order valence-electron chi connectivity index (χ0n) is 15.3. The summed E-state index contributed by atoms with van der Waals surface area (Å²) in [5.41, 5.74) is 2.84. The number of hydrogen-bond donors (Lipinski definition) is 1. The third kappa shape index (κ3) is 3.41. The Balaban J connectivity index is 1.57. The van der Waals surface area contributed by atoms with Crippen LogP contribution in [0, 0.1) is 11.7 Å². The molecule has 4 rings (SSSR count). The van der Waals surface area contributed by atoms with E-state index in [4.69, 9.17) is 0 Å². The summed E-state index contributed by atoms with van der Waals surface area (Å²) >= 11 is 0. The summed E-state index contributed by atoms with van der Waals surface area (Å²) in [6.45, 7) is 5.07. The Morgan fingerprint density at radius 1 is 1.37 bits per heavy atom. The van der Waals surface area contributed by atoms with E-state index in [2.05, 4.69) is 29.1 Å². The highest BCUT2D eigenvalue weighted by Gasteiger charge is 2.36. The van der Waals surface area contributed by atoms with Gasteiger partial charge in [-0.15, -0.1) is 0 Å². The molecule has 2 aromatic rings. The number of fused-ring (bicyclic) bond motifs is 2. The molecule has 7 heteroatoms. The number of amides is 2. The van der Waals surface area contributed by atoms with E-state index in [-0.39, 0.29) is 18.2 Å². The molecule has 0 radical (unpaired) electrons. The summed E-state index contributed by atoms with van der Waals surface area (Å²) in [4.78, 5) is 35.8. The smallest absolute Gasteiger partial charge is 0.231 e. The number of nitrogens with zero attached hydrogens (tertiary/aromatic N) is 3. The molecule has 0 unspecified atom stereocenters. The maximum atomic E-state index is 13.5. The van der Waals surface area contributed by atoms with E-state index in [1.807, 2.05) is 0 Å². The fraction of sp³-hybridized carbons (Fsp3) is 0.400. The monoisotopic (exact) mass is 368 g/mol. The molecule has 1 aromatic heterocycles. The first-order chi connectivity index (χ1) is 12.9. The SMILES string of the molecule is CC(C)Cc1ncc2c(n1)CN(C(=O)[C@@H]1CC(=O)Nc3cc(F)ccc31)C2. The molecule has 0 saturated heterocycles. The van der Waals surface area contributed by atoms with E-state index < -0.39 is 11.7 Å². The van der Waals surface area contributed by atoms with Gasteiger partial charge in [-0.25, -0.2) is 14.4 Å². The number of rotatable bonds is 3. The minimum atomic E-state index is -0.605. The summed E-state index contributed by atoms with van der Waals surface area (Å²) in [5, 5.41) is 2.65. The van der Waals surface area contributed by atoms with Crippen LogP contribution in [0.15, 0.2) is 24.4 Å². The van der Waals surface area contributed by atoms with Crippen LogP contribution in [0.5, 0.6) is 0 Å². The van der Waals surface area contributed by atoms with Crippen molar-refractivity contribution in [2.75, 3.05) is 5.32 Å². The standard InChI is InChI=1S/C20H21FN4O2/c1-11(2)5-18-22-8-12-9-25(10-17(12)23-18)20(27)15-7-19(26)24-16-6-13(21)3-4-14(15)16/h3-4,6,8,11,15H,5,7,9-10H2,1-2H3,(H,24,26)/t15-/m1/s1. The lowest BCUT2D eigenvalue weighted by Gasteiger charge is -2.28. The lowest BCUT2D eigenvalue weighted by atomic mass is 9.89. The summed E-state index contributed by atoms with van der Waals surface area (Å²) in [7, 11) is 0. The third-order valence-corrected chi connectivity index (χ3v) is 4.96. The van der Waals surface area contributed by atoms with Gasteiger partial charge >= 0.3 is 0 Å². The molecule has 2 amide bonds. The summed E-state index contributed by atoms with van der Waals surface area (Å²) in [6, 6.07) is 4.16. The van der Waals surface area contributed by atoms with Gasteiger partial charge in [0.15, 0.2) is 0 Å². The Morgan fingerprint density at radius 2 is 2.19 bits per heavy atom. The third-order valence-electron chi connectivity index (χ3n) is 4.96. The Morgan fingerprint density at radius 3 is 2.96 bits per heavy atom. The van der Waals surface area contributed by atoms with Crippen LogP contribution in [0.4, 0.5) is 10.1 Å². The molecule has 3 heterocycles. The van der Waals surface area contributed by atoms with Crippen molar-refractivity contribution < 1.29 is 14.0 Å². The molecule has 2 aliphatic rings. The van der Waals surface area contributed by atoms with Crippen molar-refractivity contribution in [3.8, 4) is 0 Å². The van der Waals surface area contributed by atoms with E-state index in [1.165, 1.54) is 12.1 Å². The van der Waals surface area contributed by atoms with E-state index in [0.29, 0.717) is 30.3 Å². The molecule has 1 aromatic carbocycles. The molecule has 27 heavy (non-hydrogen) atoms. The van der Waals surface area contributed by atoms with Crippen molar-refractivity contribution in [3.05, 3.63) is 52.9 Å². The zero-order chi connectivity index (χ0) is 19.1. The van der Waals surface area contributed by atoms with Crippen molar-refractivity contribution in [2.45, 2.75) is 45.7 Å². The summed E-state index contributed by atoms with van der Waals surface area (Å²) < 4.78 is 13.5. The second-order valence-corrected chi connectivity index (χ2v) is 7.59. The van der Waals surface area contributed by atoms with Gasteiger partial charge in [0.05, 0.1) is 18.2 Å². The highest BCUT2D eigenvalue weighted by molar-refractivity contribution is 6.01. The lowest BCUT2D eigenvalue weighted by molar-refractivity contribution is -0.135. The Labute approximate surface area is 156 Å². The van der Waals surface area contributed by atoms with Crippen LogP contribution >= 0.6 is 0 Å². The van der Waals surface area contributed by atoms with Crippen molar-refractivity contribution in [3.63, 3.8) is 0 Å². The average molecular weight is 368 g/mol. The van der Waals surface area contributed by atoms with Crippen LogP contribution in [0.25, 0.3) is 0 Å². The van der Waals surface area contributed by atoms with Crippen LogP contribution < -0.4 is 5.32 Å². The molecule has 140 valence electrons. The number of anilines is 1. The van der Waals surface area contributed by atoms with Crippen LogP contribution in [0.2, 0.25) is 0 Å². The first-order valence-corrected chi connectivity index (χ1v) is 9.12. The molecule has 1 N–H and O–H groups in total. The van der Waals surface area contributed by atoms with Crippen molar-refractivity contribution in [1.29, 1.82) is 0 Å². The van der Waals surface area contributed by atoms with Gasteiger partial charge in [0.1, 0.15) is 11.6 Å². The number of halogens is 1. The Bertz CT molecular complexity index is 928. The second-order valence-electron chi connectivity index (χ2n) is 7.59. The quantitative estimate of drug-likeness (QED) is 0.904. The van der Waals surface area contributed by atoms with Gasteiger partial charge in [0.25, 0.3) is 0 Å². The van der Waals surface area contributed by atoms with Gasteiger partial charge in [0.2, 0.25) is 11.8 Å². The predicted molar refractivity (Wildman–Crippen MR) is 97.2 cm³/mol. The largest absolute Gasteiger partial charge is 0.332 e. The molecular weight excluding hydrogens is 347 g/mol. The fourth-order valence-corrected chi connectivity index (χ4v) is 3.69.